The van der Waals surface area contributed by atoms with Gasteiger partial charge >= 0.3 is 0 Å². The molecule has 1 atom stereocenters. The first-order valence-electron chi connectivity index (χ1n) is 17.7. The molecule has 10 nitrogen and oxygen atoms in total. The molecule has 0 spiro atoms. The van der Waals surface area contributed by atoms with Crippen LogP contribution in [0.5, 0.6) is 11.5 Å². The van der Waals surface area contributed by atoms with Gasteiger partial charge in [-0.15, -0.1) is 21.5 Å². The lowest BCUT2D eigenvalue weighted by molar-refractivity contribution is 0.0776. The van der Waals surface area contributed by atoms with Crippen molar-refractivity contribution in [2.24, 2.45) is 0 Å². The number of halogens is 2. The molecule has 0 radical (unpaired) electrons. The minimum absolute atomic E-state index is 0.0434. The Hall–Kier alpha value is -5.07. The smallest absolute Gasteiger partial charge is 0.257 e. The fraction of sp³-hybridized carbons (Fsp3) is 0.325. The second-order valence-corrected chi connectivity index (χ2v) is 14.8. The fourth-order valence-corrected chi connectivity index (χ4v) is 9.13. The van der Waals surface area contributed by atoms with Crippen LogP contribution in [-0.4, -0.2) is 58.3 Å². The Kier molecular flexibility index (Phi) is 9.50. The molecular formula is C40H38ClFN6O4S. The van der Waals surface area contributed by atoms with E-state index >= 15 is 0 Å². The zero-order valence-corrected chi connectivity index (χ0v) is 31.5. The number of aromatic nitrogens is 4. The second-order valence-electron chi connectivity index (χ2n) is 13.4. The number of carbonyl (C=O) groups is 1. The number of amides is 1. The third kappa shape index (κ3) is 6.37. The molecule has 1 aliphatic carbocycles. The fourth-order valence-electron chi connectivity index (χ4n) is 7.76. The Balaban J connectivity index is 0.000000147. The van der Waals surface area contributed by atoms with Crippen LogP contribution in [0.3, 0.4) is 0 Å². The van der Waals surface area contributed by atoms with Crippen LogP contribution in [0.25, 0.3) is 32.0 Å². The van der Waals surface area contributed by atoms with Crippen molar-refractivity contribution >= 4 is 44.7 Å². The summed E-state index contributed by atoms with van der Waals surface area (Å²) in [6.07, 6.45) is 7.90. The van der Waals surface area contributed by atoms with E-state index < -0.39 is 0 Å². The molecule has 10 rings (SSSR count). The van der Waals surface area contributed by atoms with Crippen molar-refractivity contribution in [2.45, 2.75) is 58.4 Å². The minimum Gasteiger partial charge on any atom is -0.493 e. The van der Waals surface area contributed by atoms with Crippen LogP contribution >= 0.6 is 22.9 Å². The number of anilines is 1. The highest BCUT2D eigenvalue weighted by Crippen LogP contribution is 2.50. The highest BCUT2D eigenvalue weighted by Gasteiger charge is 2.44. The molecule has 2 aromatic carbocycles. The van der Waals surface area contributed by atoms with Crippen molar-refractivity contribution < 1.29 is 23.1 Å². The number of benzene rings is 2. The summed E-state index contributed by atoms with van der Waals surface area (Å²) in [5.74, 6) is 2.89. The van der Waals surface area contributed by atoms with Crippen molar-refractivity contribution in [1.82, 2.24) is 25.1 Å². The van der Waals surface area contributed by atoms with Crippen molar-refractivity contribution in [1.29, 1.82) is 0 Å². The molecule has 7 heterocycles. The van der Waals surface area contributed by atoms with E-state index in [-0.39, 0.29) is 17.8 Å². The van der Waals surface area contributed by atoms with Gasteiger partial charge in [0, 0.05) is 54.2 Å². The molecule has 4 aromatic heterocycles. The van der Waals surface area contributed by atoms with Gasteiger partial charge in [-0.1, -0.05) is 23.7 Å². The highest BCUT2D eigenvalue weighted by molar-refractivity contribution is 7.23. The zero-order valence-electron chi connectivity index (χ0n) is 29.9. The van der Waals surface area contributed by atoms with E-state index in [0.717, 1.165) is 111 Å². The summed E-state index contributed by atoms with van der Waals surface area (Å²) in [5.41, 5.74) is 7.50. The molecule has 1 unspecified atom stereocenters. The maximum Gasteiger partial charge on any atom is 0.257 e. The predicted octanol–water partition coefficient (Wildman–Crippen LogP) is 8.96. The van der Waals surface area contributed by atoms with Crippen LogP contribution in [0, 0.1) is 19.7 Å². The van der Waals surface area contributed by atoms with Gasteiger partial charge in [0.25, 0.3) is 5.91 Å². The van der Waals surface area contributed by atoms with Crippen LogP contribution in [-0.2, 0) is 19.3 Å². The summed E-state index contributed by atoms with van der Waals surface area (Å²) in [5, 5.41) is 13.3. The molecule has 13 heteroatoms. The molecule has 1 fully saturated rings. The Morgan fingerprint density at radius 3 is 2.66 bits per heavy atom. The van der Waals surface area contributed by atoms with E-state index in [0.29, 0.717) is 23.1 Å². The van der Waals surface area contributed by atoms with E-state index in [4.69, 9.17) is 30.5 Å². The SMILES string of the molecule is CNc1nccc2cc(-c3c4c(nc(C)c3-c3nnc(C)o3)C3CCCN3C4=O)sc12.COc1c(F)ccc2c1CCC2.Clc1ccc2c(c1)OCC2. The molecule has 1 saturated heterocycles. The van der Waals surface area contributed by atoms with E-state index in [9.17, 15) is 9.18 Å². The normalized spacial score (nSPS) is 16.2. The number of rotatable bonds is 4. The van der Waals surface area contributed by atoms with Gasteiger partial charge in [0.15, 0.2) is 11.6 Å². The quantitative estimate of drug-likeness (QED) is 0.188. The third-order valence-electron chi connectivity index (χ3n) is 10.2. The summed E-state index contributed by atoms with van der Waals surface area (Å²) in [6.45, 7) is 5.29. The number of pyridine rings is 2. The number of nitrogens with one attached hydrogen (secondary N) is 1. The first-order valence-corrected chi connectivity index (χ1v) is 18.9. The van der Waals surface area contributed by atoms with Crippen LogP contribution in [0.4, 0.5) is 10.2 Å². The zero-order chi connectivity index (χ0) is 36.8. The molecule has 53 heavy (non-hydrogen) atoms. The average molecular weight is 753 g/mol. The van der Waals surface area contributed by atoms with Crippen molar-refractivity contribution in [3.8, 4) is 33.4 Å². The van der Waals surface area contributed by atoms with Gasteiger partial charge in [-0.2, -0.15) is 0 Å². The number of thiophene rings is 1. The maximum absolute atomic E-state index is 13.5. The minimum atomic E-state index is -0.238. The molecule has 272 valence electrons. The Morgan fingerprint density at radius 2 is 1.87 bits per heavy atom. The molecule has 1 amide bonds. The van der Waals surface area contributed by atoms with Gasteiger partial charge in [0.2, 0.25) is 11.8 Å². The molecular weight excluding hydrogens is 715 g/mol. The summed E-state index contributed by atoms with van der Waals surface area (Å²) in [7, 11) is 3.39. The number of nitrogens with zero attached hydrogens (tertiary/aromatic N) is 5. The first kappa shape index (κ1) is 35.0. The van der Waals surface area contributed by atoms with Gasteiger partial charge in [0.05, 0.1) is 47.0 Å². The number of methoxy groups -OCH3 is 1. The van der Waals surface area contributed by atoms with Crippen molar-refractivity contribution in [2.75, 3.05) is 32.6 Å². The van der Waals surface area contributed by atoms with Crippen LogP contribution in [0.2, 0.25) is 5.02 Å². The predicted molar refractivity (Wildman–Crippen MR) is 204 cm³/mol. The van der Waals surface area contributed by atoms with E-state index in [1.165, 1.54) is 24.3 Å². The number of fused-ring (bicyclic) bond motifs is 6. The first-order chi connectivity index (χ1) is 25.7. The lowest BCUT2D eigenvalue weighted by atomic mass is 9.95. The van der Waals surface area contributed by atoms with Gasteiger partial charge in [-0.25, -0.2) is 9.37 Å². The Bertz CT molecular complexity index is 2380. The lowest BCUT2D eigenvalue weighted by Gasteiger charge is -2.14. The van der Waals surface area contributed by atoms with Gasteiger partial charge in [-0.05, 0) is 85.9 Å². The molecule has 4 aliphatic rings. The lowest BCUT2D eigenvalue weighted by Crippen LogP contribution is -2.22. The Morgan fingerprint density at radius 1 is 1.02 bits per heavy atom. The number of ether oxygens (including phenoxy) is 2. The topological polar surface area (TPSA) is 116 Å². The second kappa shape index (κ2) is 14.4. The van der Waals surface area contributed by atoms with Crippen molar-refractivity contribution in [3.05, 3.63) is 99.0 Å². The van der Waals surface area contributed by atoms with Crippen LogP contribution < -0.4 is 14.8 Å². The average Bonchev–Trinajstić information content (AvgIpc) is 4.01. The summed E-state index contributed by atoms with van der Waals surface area (Å²) in [4.78, 5) is 25.8. The highest BCUT2D eigenvalue weighted by atomic mass is 35.5. The number of carbonyl (C=O) groups excluding carboxylic acids is 1. The Labute approximate surface area is 315 Å². The van der Waals surface area contributed by atoms with Gasteiger partial charge < -0.3 is 24.1 Å². The molecule has 0 bridgehead atoms. The maximum atomic E-state index is 13.5. The third-order valence-corrected chi connectivity index (χ3v) is 11.6. The summed E-state index contributed by atoms with van der Waals surface area (Å²) in [6, 6.07) is 13.3. The van der Waals surface area contributed by atoms with Crippen molar-refractivity contribution in [3.63, 3.8) is 0 Å². The number of hydrogen-bond donors (Lipinski definition) is 1. The largest absolute Gasteiger partial charge is 0.493 e. The van der Waals surface area contributed by atoms with Gasteiger partial charge in [-0.3, -0.25) is 9.78 Å². The van der Waals surface area contributed by atoms with Crippen LogP contribution in [0.1, 0.15) is 69.6 Å². The molecule has 1 N–H and O–H groups in total. The van der Waals surface area contributed by atoms with Crippen LogP contribution in [0.15, 0.2) is 53.1 Å². The van der Waals surface area contributed by atoms with E-state index in [1.807, 2.05) is 49.2 Å². The monoisotopic (exact) mass is 752 g/mol. The summed E-state index contributed by atoms with van der Waals surface area (Å²) >= 11 is 7.35. The molecule has 3 aliphatic heterocycles. The number of aryl methyl sites for hydroxylation is 3. The molecule has 0 saturated carbocycles. The van der Waals surface area contributed by atoms with E-state index in [1.54, 1.807) is 24.5 Å². The van der Waals surface area contributed by atoms with Gasteiger partial charge in [0.1, 0.15) is 11.6 Å². The molecule has 6 aromatic rings. The van der Waals surface area contributed by atoms with E-state index in [2.05, 4.69) is 26.6 Å². The standard InChI is InChI=1S/C22H20N6O2S.C10H11FO.C8H7ClO/c1-10-15(21-27-26-11(2)30-21)16(14-9-12-6-7-24-20(23-3)19(12)31-14)17-18(25-10)13-5-4-8-28(13)22(17)29;1-12-10-8-4-2-3-7(8)5-6-9(10)11;9-7-2-1-6-3-4-10-8(6)5-7/h6-7,9,13H,4-5,8H2,1-3H3,(H,23,24);5-6H,2-4H2,1H3;1-2,5H,3-4H2. The number of hydrogen-bond acceptors (Lipinski definition) is 10. The summed E-state index contributed by atoms with van der Waals surface area (Å²) < 4.78 is 30.3.